The quantitative estimate of drug-likeness (QED) is 0.673. The van der Waals surface area contributed by atoms with Gasteiger partial charge in [0.15, 0.2) is 0 Å². The van der Waals surface area contributed by atoms with E-state index >= 15 is 0 Å². The molecular weight excluding hydrogens is 254 g/mol. The first kappa shape index (κ1) is 12.2. The van der Waals surface area contributed by atoms with Crippen molar-refractivity contribution >= 4 is 21.7 Å². The molecule has 1 rings (SSSR count). The molecule has 82 valence electrons. The Bertz CT molecular complexity index is 357. The minimum Gasteiger partial charge on any atom is -0.369 e. The van der Waals surface area contributed by atoms with Gasteiger partial charge in [0.05, 0.1) is 4.47 Å². The summed E-state index contributed by atoms with van der Waals surface area (Å²) in [6.07, 6.45) is 4.98. The molecule has 0 spiro atoms. The summed E-state index contributed by atoms with van der Waals surface area (Å²) in [4.78, 5) is 8.39. The topological polar surface area (TPSA) is 37.8 Å². The molecule has 0 amide bonds. The van der Waals surface area contributed by atoms with Gasteiger partial charge in [0, 0.05) is 12.7 Å². The van der Waals surface area contributed by atoms with Crippen molar-refractivity contribution in [1.29, 1.82) is 0 Å². The summed E-state index contributed by atoms with van der Waals surface area (Å²) >= 11 is 3.41. The van der Waals surface area contributed by atoms with Gasteiger partial charge in [-0.2, -0.15) is 0 Å². The molecule has 1 aromatic rings. The van der Waals surface area contributed by atoms with Crippen LogP contribution in [0.2, 0.25) is 0 Å². The number of hydrogen-bond acceptors (Lipinski definition) is 3. The molecule has 0 aliphatic rings. The number of allylic oxidation sites excluding steroid dienone is 1. The smallest absolute Gasteiger partial charge is 0.144 e. The summed E-state index contributed by atoms with van der Waals surface area (Å²) in [5.41, 5.74) is 1.34. The van der Waals surface area contributed by atoms with E-state index < -0.39 is 0 Å². The standard InChI is InChI=1S/C11H16BrN3/c1-8(2)5-4-6-13-11-10(12)7-14-9(3)15-11/h5,7H,4,6H2,1-3H3,(H,13,14,15). The number of halogens is 1. The van der Waals surface area contributed by atoms with Gasteiger partial charge in [-0.1, -0.05) is 11.6 Å². The Morgan fingerprint density at radius 2 is 2.27 bits per heavy atom. The lowest BCUT2D eigenvalue weighted by Crippen LogP contribution is -2.04. The van der Waals surface area contributed by atoms with Crippen LogP contribution in [0.15, 0.2) is 22.3 Å². The van der Waals surface area contributed by atoms with E-state index in [9.17, 15) is 0 Å². The van der Waals surface area contributed by atoms with Gasteiger partial charge in [-0.3, -0.25) is 0 Å². The Labute approximate surface area is 99.2 Å². The maximum Gasteiger partial charge on any atom is 0.144 e. The van der Waals surface area contributed by atoms with Gasteiger partial charge in [0.25, 0.3) is 0 Å². The average molecular weight is 270 g/mol. The lowest BCUT2D eigenvalue weighted by atomic mass is 10.3. The highest BCUT2D eigenvalue weighted by atomic mass is 79.9. The van der Waals surface area contributed by atoms with Crippen molar-refractivity contribution < 1.29 is 0 Å². The first-order chi connectivity index (χ1) is 7.09. The minimum absolute atomic E-state index is 0.780. The highest BCUT2D eigenvalue weighted by Gasteiger charge is 2.00. The molecule has 1 heterocycles. The molecule has 0 unspecified atom stereocenters. The Kier molecular flexibility index (Phi) is 4.75. The van der Waals surface area contributed by atoms with E-state index in [-0.39, 0.29) is 0 Å². The number of aryl methyl sites for hydroxylation is 1. The second-order valence-electron chi connectivity index (χ2n) is 3.61. The van der Waals surface area contributed by atoms with Crippen LogP contribution in [0.25, 0.3) is 0 Å². The zero-order valence-electron chi connectivity index (χ0n) is 9.34. The molecule has 15 heavy (non-hydrogen) atoms. The molecular formula is C11H16BrN3. The van der Waals surface area contributed by atoms with E-state index in [2.05, 4.69) is 51.1 Å². The van der Waals surface area contributed by atoms with Crippen LogP contribution in [0, 0.1) is 6.92 Å². The van der Waals surface area contributed by atoms with Crippen LogP contribution in [0.4, 0.5) is 5.82 Å². The van der Waals surface area contributed by atoms with Crippen molar-refractivity contribution in [2.75, 3.05) is 11.9 Å². The summed E-state index contributed by atoms with van der Waals surface area (Å²) in [5, 5.41) is 3.27. The molecule has 0 aliphatic heterocycles. The maximum atomic E-state index is 4.30. The van der Waals surface area contributed by atoms with E-state index in [0.717, 1.165) is 29.1 Å². The fraction of sp³-hybridized carbons (Fsp3) is 0.455. The lowest BCUT2D eigenvalue weighted by molar-refractivity contribution is 0.990. The molecule has 0 bridgehead atoms. The summed E-state index contributed by atoms with van der Waals surface area (Å²) in [6.45, 7) is 6.98. The highest BCUT2D eigenvalue weighted by molar-refractivity contribution is 9.10. The molecule has 0 aromatic carbocycles. The van der Waals surface area contributed by atoms with E-state index in [1.54, 1.807) is 6.20 Å². The van der Waals surface area contributed by atoms with Crippen LogP contribution in [-0.4, -0.2) is 16.5 Å². The molecule has 1 N–H and O–H groups in total. The fourth-order valence-corrected chi connectivity index (χ4v) is 1.46. The van der Waals surface area contributed by atoms with Crippen molar-refractivity contribution in [2.24, 2.45) is 0 Å². The Morgan fingerprint density at radius 1 is 1.53 bits per heavy atom. The van der Waals surface area contributed by atoms with Crippen LogP contribution in [0.1, 0.15) is 26.1 Å². The van der Waals surface area contributed by atoms with Crippen LogP contribution in [-0.2, 0) is 0 Å². The van der Waals surface area contributed by atoms with Gasteiger partial charge in [-0.05, 0) is 43.1 Å². The summed E-state index contributed by atoms with van der Waals surface area (Å²) in [6, 6.07) is 0. The molecule has 0 aliphatic carbocycles. The minimum atomic E-state index is 0.780. The molecule has 0 fully saturated rings. The Morgan fingerprint density at radius 3 is 2.93 bits per heavy atom. The van der Waals surface area contributed by atoms with Gasteiger partial charge in [0.2, 0.25) is 0 Å². The van der Waals surface area contributed by atoms with Gasteiger partial charge in [0.1, 0.15) is 11.6 Å². The third kappa shape index (κ3) is 4.42. The second kappa shape index (κ2) is 5.85. The third-order valence-electron chi connectivity index (χ3n) is 1.85. The maximum absolute atomic E-state index is 4.30. The zero-order valence-corrected chi connectivity index (χ0v) is 10.9. The number of rotatable bonds is 4. The van der Waals surface area contributed by atoms with E-state index in [1.807, 2.05) is 6.92 Å². The Balaban J connectivity index is 2.50. The van der Waals surface area contributed by atoms with E-state index in [4.69, 9.17) is 0 Å². The van der Waals surface area contributed by atoms with Crippen molar-refractivity contribution in [3.63, 3.8) is 0 Å². The SMILES string of the molecule is CC(C)=CCCNc1nc(C)ncc1Br. The summed E-state index contributed by atoms with van der Waals surface area (Å²) < 4.78 is 0.908. The Hall–Kier alpha value is -0.900. The predicted molar refractivity (Wildman–Crippen MR) is 67.0 cm³/mol. The number of nitrogens with one attached hydrogen (secondary N) is 1. The number of anilines is 1. The fourth-order valence-electron chi connectivity index (χ4n) is 1.13. The zero-order chi connectivity index (χ0) is 11.3. The third-order valence-corrected chi connectivity index (χ3v) is 2.43. The molecule has 0 radical (unpaired) electrons. The monoisotopic (exact) mass is 269 g/mol. The first-order valence-electron chi connectivity index (χ1n) is 4.96. The predicted octanol–water partition coefficient (Wildman–Crippen LogP) is 3.32. The lowest BCUT2D eigenvalue weighted by Gasteiger charge is -2.06. The van der Waals surface area contributed by atoms with Crippen molar-refractivity contribution in [3.8, 4) is 0 Å². The summed E-state index contributed by atoms with van der Waals surface area (Å²) in [7, 11) is 0. The molecule has 0 saturated carbocycles. The largest absolute Gasteiger partial charge is 0.369 e. The number of hydrogen-bond donors (Lipinski definition) is 1. The van der Waals surface area contributed by atoms with Crippen molar-refractivity contribution in [3.05, 3.63) is 28.1 Å². The van der Waals surface area contributed by atoms with E-state index in [1.165, 1.54) is 5.57 Å². The van der Waals surface area contributed by atoms with Crippen LogP contribution < -0.4 is 5.32 Å². The molecule has 3 nitrogen and oxygen atoms in total. The molecule has 0 atom stereocenters. The van der Waals surface area contributed by atoms with Gasteiger partial charge < -0.3 is 5.32 Å². The number of nitrogens with zero attached hydrogens (tertiary/aromatic N) is 2. The van der Waals surface area contributed by atoms with Crippen LogP contribution in [0.3, 0.4) is 0 Å². The van der Waals surface area contributed by atoms with Crippen molar-refractivity contribution in [1.82, 2.24) is 9.97 Å². The van der Waals surface area contributed by atoms with Gasteiger partial charge in [-0.15, -0.1) is 0 Å². The van der Waals surface area contributed by atoms with Gasteiger partial charge >= 0.3 is 0 Å². The molecule has 0 saturated heterocycles. The molecule has 4 heteroatoms. The highest BCUT2D eigenvalue weighted by Crippen LogP contribution is 2.18. The second-order valence-corrected chi connectivity index (χ2v) is 4.47. The van der Waals surface area contributed by atoms with Crippen LogP contribution in [0.5, 0.6) is 0 Å². The van der Waals surface area contributed by atoms with Crippen molar-refractivity contribution in [2.45, 2.75) is 27.2 Å². The van der Waals surface area contributed by atoms with E-state index in [0.29, 0.717) is 0 Å². The summed E-state index contributed by atoms with van der Waals surface area (Å²) in [5.74, 6) is 1.65. The normalized spacial score (nSPS) is 9.87. The first-order valence-corrected chi connectivity index (χ1v) is 5.75. The molecule has 1 aromatic heterocycles. The van der Waals surface area contributed by atoms with Crippen LogP contribution >= 0.6 is 15.9 Å². The number of aromatic nitrogens is 2. The van der Waals surface area contributed by atoms with Gasteiger partial charge in [-0.25, -0.2) is 9.97 Å². The average Bonchev–Trinajstić information content (AvgIpc) is 2.17.